The molecule has 1 saturated carbocycles. The van der Waals surface area contributed by atoms with E-state index in [0.29, 0.717) is 5.92 Å². The first-order valence-electron chi connectivity index (χ1n) is 5.62. The third-order valence-corrected chi connectivity index (χ3v) is 3.63. The van der Waals surface area contributed by atoms with Crippen LogP contribution < -0.4 is 0 Å². The normalized spacial score (nSPS) is 19.4. The van der Waals surface area contributed by atoms with Crippen LogP contribution in [-0.4, -0.2) is 5.11 Å². The van der Waals surface area contributed by atoms with Crippen LogP contribution in [-0.2, 0) is 0 Å². The fraction of sp³-hybridized carbons (Fsp3) is 0.538. The molecule has 1 aliphatic carbocycles. The summed E-state index contributed by atoms with van der Waals surface area (Å²) < 4.78 is 0. The van der Waals surface area contributed by atoms with Gasteiger partial charge in [-0.25, -0.2) is 0 Å². The predicted molar refractivity (Wildman–Crippen MR) is 63.1 cm³/mol. The van der Waals surface area contributed by atoms with Gasteiger partial charge in [0.15, 0.2) is 0 Å². The molecule has 1 aliphatic rings. The number of aliphatic hydroxyl groups is 1. The summed E-state index contributed by atoms with van der Waals surface area (Å²) in [4.78, 5) is 0. The lowest BCUT2D eigenvalue weighted by Crippen LogP contribution is -2.10. The van der Waals surface area contributed by atoms with Gasteiger partial charge in [-0.2, -0.15) is 0 Å². The van der Waals surface area contributed by atoms with Gasteiger partial charge in [0, 0.05) is 5.02 Å². The summed E-state index contributed by atoms with van der Waals surface area (Å²) in [6.07, 6.45) is 4.53. The lowest BCUT2D eigenvalue weighted by atomic mass is 9.92. The van der Waals surface area contributed by atoms with Crippen molar-refractivity contribution in [2.24, 2.45) is 5.92 Å². The highest BCUT2D eigenvalue weighted by Crippen LogP contribution is 2.36. The molecule has 1 atom stereocenters. The van der Waals surface area contributed by atoms with Gasteiger partial charge in [0.25, 0.3) is 0 Å². The van der Waals surface area contributed by atoms with Crippen molar-refractivity contribution in [3.05, 3.63) is 34.3 Å². The van der Waals surface area contributed by atoms with Crippen molar-refractivity contribution >= 4 is 11.6 Å². The molecule has 0 aliphatic heterocycles. The summed E-state index contributed by atoms with van der Waals surface area (Å²) in [5.74, 6) is 0.449. The quantitative estimate of drug-likeness (QED) is 0.809. The van der Waals surface area contributed by atoms with Gasteiger partial charge < -0.3 is 5.11 Å². The third kappa shape index (κ3) is 2.35. The number of benzene rings is 1. The molecule has 1 aromatic rings. The molecule has 2 rings (SSSR count). The second kappa shape index (κ2) is 4.54. The topological polar surface area (TPSA) is 20.2 Å². The van der Waals surface area contributed by atoms with Gasteiger partial charge in [-0.05, 0) is 48.9 Å². The van der Waals surface area contributed by atoms with Crippen molar-refractivity contribution in [2.45, 2.75) is 38.7 Å². The largest absolute Gasteiger partial charge is 0.388 e. The van der Waals surface area contributed by atoms with E-state index in [2.05, 4.69) is 0 Å². The molecule has 1 fully saturated rings. The molecule has 0 bridgehead atoms. The molecular weight excluding hydrogens is 208 g/mol. The first-order valence-corrected chi connectivity index (χ1v) is 6.00. The molecule has 2 heteroatoms. The van der Waals surface area contributed by atoms with Crippen LogP contribution in [0.4, 0.5) is 0 Å². The highest BCUT2D eigenvalue weighted by Gasteiger charge is 2.25. The molecule has 0 spiro atoms. The van der Waals surface area contributed by atoms with Crippen LogP contribution in [0.3, 0.4) is 0 Å². The van der Waals surface area contributed by atoms with Gasteiger partial charge in [0.1, 0.15) is 0 Å². The van der Waals surface area contributed by atoms with Crippen LogP contribution in [0.5, 0.6) is 0 Å². The monoisotopic (exact) mass is 224 g/mol. The Morgan fingerprint density at radius 1 is 1.33 bits per heavy atom. The van der Waals surface area contributed by atoms with Gasteiger partial charge in [0.2, 0.25) is 0 Å². The Morgan fingerprint density at radius 3 is 2.60 bits per heavy atom. The zero-order valence-electron chi connectivity index (χ0n) is 9.04. The van der Waals surface area contributed by atoms with Crippen LogP contribution in [0.2, 0.25) is 5.02 Å². The van der Waals surface area contributed by atoms with E-state index in [1.54, 1.807) is 0 Å². The van der Waals surface area contributed by atoms with Gasteiger partial charge in [0.05, 0.1) is 6.10 Å². The number of aryl methyl sites for hydroxylation is 1. The summed E-state index contributed by atoms with van der Waals surface area (Å²) in [5, 5.41) is 11.0. The first kappa shape index (κ1) is 11.0. The lowest BCUT2D eigenvalue weighted by molar-refractivity contribution is 0.111. The van der Waals surface area contributed by atoms with E-state index in [1.165, 1.54) is 12.8 Å². The fourth-order valence-electron chi connectivity index (χ4n) is 2.50. The Bertz CT molecular complexity index is 342. The maximum Gasteiger partial charge on any atom is 0.0820 e. The number of halogens is 1. The van der Waals surface area contributed by atoms with E-state index >= 15 is 0 Å². The number of rotatable bonds is 2. The second-order valence-corrected chi connectivity index (χ2v) is 4.93. The summed E-state index contributed by atoms with van der Waals surface area (Å²) in [6.45, 7) is 2.01. The van der Waals surface area contributed by atoms with Crippen molar-refractivity contribution in [3.8, 4) is 0 Å². The molecule has 1 unspecified atom stereocenters. The minimum atomic E-state index is -0.301. The summed E-state index contributed by atoms with van der Waals surface area (Å²) in [7, 11) is 0. The number of hydrogen-bond acceptors (Lipinski definition) is 1. The maximum absolute atomic E-state index is 10.2. The van der Waals surface area contributed by atoms with Crippen molar-refractivity contribution in [1.82, 2.24) is 0 Å². The zero-order chi connectivity index (χ0) is 10.8. The van der Waals surface area contributed by atoms with Crippen LogP contribution >= 0.6 is 11.6 Å². The van der Waals surface area contributed by atoms with Crippen molar-refractivity contribution < 1.29 is 5.11 Å². The van der Waals surface area contributed by atoms with Gasteiger partial charge in [-0.1, -0.05) is 30.5 Å². The molecular formula is C13H17ClO. The van der Waals surface area contributed by atoms with E-state index < -0.39 is 0 Å². The van der Waals surface area contributed by atoms with Crippen molar-refractivity contribution in [2.75, 3.05) is 0 Å². The molecule has 0 radical (unpaired) electrons. The summed E-state index contributed by atoms with van der Waals surface area (Å²) in [5.41, 5.74) is 2.15. The fourth-order valence-corrected chi connectivity index (χ4v) is 2.72. The number of hydrogen-bond donors (Lipinski definition) is 1. The lowest BCUT2D eigenvalue weighted by Gasteiger charge is -2.20. The second-order valence-electron chi connectivity index (χ2n) is 4.49. The summed E-state index contributed by atoms with van der Waals surface area (Å²) >= 11 is 5.90. The van der Waals surface area contributed by atoms with Crippen molar-refractivity contribution in [3.63, 3.8) is 0 Å². The smallest absolute Gasteiger partial charge is 0.0820 e. The predicted octanol–water partition coefficient (Wildman–Crippen LogP) is 3.87. The maximum atomic E-state index is 10.2. The summed E-state index contributed by atoms with van der Waals surface area (Å²) in [6, 6.07) is 5.75. The molecule has 82 valence electrons. The van der Waals surface area contributed by atoms with Gasteiger partial charge in [-0.3, -0.25) is 0 Å². The zero-order valence-corrected chi connectivity index (χ0v) is 9.80. The van der Waals surface area contributed by atoms with E-state index in [9.17, 15) is 5.11 Å². The van der Waals surface area contributed by atoms with Crippen LogP contribution in [0, 0.1) is 12.8 Å². The minimum absolute atomic E-state index is 0.301. The van der Waals surface area contributed by atoms with Gasteiger partial charge in [-0.15, -0.1) is 0 Å². The highest BCUT2D eigenvalue weighted by molar-refractivity contribution is 6.30. The van der Waals surface area contributed by atoms with Crippen LogP contribution in [0.1, 0.15) is 42.9 Å². The molecule has 0 amide bonds. The van der Waals surface area contributed by atoms with E-state index in [4.69, 9.17) is 11.6 Å². The average molecular weight is 225 g/mol. The standard InChI is InChI=1S/C13H17ClO/c1-9-8-11(14)6-7-12(9)13(15)10-4-2-3-5-10/h6-8,10,13,15H,2-5H2,1H3. The van der Waals surface area contributed by atoms with E-state index in [1.807, 2.05) is 25.1 Å². The Morgan fingerprint density at radius 2 is 2.00 bits per heavy atom. The first-order chi connectivity index (χ1) is 7.18. The Balaban J connectivity index is 2.20. The highest BCUT2D eigenvalue weighted by atomic mass is 35.5. The average Bonchev–Trinajstić information content (AvgIpc) is 2.69. The molecule has 1 N–H and O–H groups in total. The molecule has 0 aromatic heterocycles. The minimum Gasteiger partial charge on any atom is -0.388 e. The van der Waals surface area contributed by atoms with Crippen molar-refractivity contribution in [1.29, 1.82) is 0 Å². The van der Waals surface area contributed by atoms with Crippen LogP contribution in [0.25, 0.3) is 0 Å². The molecule has 15 heavy (non-hydrogen) atoms. The Kier molecular flexibility index (Phi) is 3.32. The molecule has 1 aromatic carbocycles. The van der Waals surface area contributed by atoms with E-state index in [-0.39, 0.29) is 6.10 Å². The van der Waals surface area contributed by atoms with Gasteiger partial charge >= 0.3 is 0 Å². The molecule has 0 saturated heterocycles. The molecule has 1 nitrogen and oxygen atoms in total. The Hall–Kier alpha value is -0.530. The Labute approximate surface area is 96.1 Å². The van der Waals surface area contributed by atoms with E-state index in [0.717, 1.165) is 29.0 Å². The SMILES string of the molecule is Cc1cc(Cl)ccc1C(O)C1CCCC1. The molecule has 0 heterocycles. The number of aliphatic hydroxyl groups excluding tert-OH is 1. The van der Waals surface area contributed by atoms with Crippen LogP contribution in [0.15, 0.2) is 18.2 Å². The third-order valence-electron chi connectivity index (χ3n) is 3.40.